The summed E-state index contributed by atoms with van der Waals surface area (Å²) in [6.07, 6.45) is 0. The van der Waals surface area contributed by atoms with E-state index in [0.717, 1.165) is 11.3 Å². The van der Waals surface area contributed by atoms with Crippen LogP contribution in [0.25, 0.3) is 17.1 Å². The summed E-state index contributed by atoms with van der Waals surface area (Å²) in [7, 11) is 0. The van der Waals surface area contributed by atoms with E-state index in [1.165, 1.54) is 16.0 Å². The number of ether oxygens (including phenoxy) is 1. The molecule has 0 amide bonds. The number of para-hydroxylation sites is 1. The van der Waals surface area contributed by atoms with Gasteiger partial charge in [-0.05, 0) is 30.5 Å². The van der Waals surface area contributed by atoms with Crippen LogP contribution in [0.3, 0.4) is 0 Å². The van der Waals surface area contributed by atoms with Crippen molar-refractivity contribution in [2.24, 2.45) is 0 Å². The lowest BCUT2D eigenvalue weighted by Gasteiger charge is -2.03. The highest BCUT2D eigenvalue weighted by molar-refractivity contribution is 7.08. The van der Waals surface area contributed by atoms with Crippen molar-refractivity contribution < 1.29 is 14.1 Å². The van der Waals surface area contributed by atoms with Crippen LogP contribution in [0.5, 0.6) is 0 Å². The Morgan fingerprint density at radius 1 is 1.30 bits per heavy atom. The highest BCUT2D eigenvalue weighted by Crippen LogP contribution is 2.25. The highest BCUT2D eigenvalue weighted by atomic mass is 35.5. The van der Waals surface area contributed by atoms with Gasteiger partial charge in [-0.15, -0.1) is 0 Å². The molecule has 4 aromatic rings. The van der Waals surface area contributed by atoms with Gasteiger partial charge in [0.05, 0.1) is 11.4 Å². The fourth-order valence-corrected chi connectivity index (χ4v) is 3.48. The van der Waals surface area contributed by atoms with Gasteiger partial charge in [-0.1, -0.05) is 35.0 Å². The predicted molar refractivity (Wildman–Crippen MR) is 100 cm³/mol. The average molecular weight is 401 g/mol. The molecule has 0 saturated heterocycles. The molecule has 4 rings (SSSR count). The first-order valence-corrected chi connectivity index (χ1v) is 9.28. The minimum Gasteiger partial charge on any atom is -0.452 e. The molecule has 3 heterocycles. The van der Waals surface area contributed by atoms with Crippen LogP contribution in [0.1, 0.15) is 21.9 Å². The third-order valence-electron chi connectivity index (χ3n) is 3.78. The molecule has 0 aliphatic heterocycles. The van der Waals surface area contributed by atoms with Crippen molar-refractivity contribution in [3.05, 3.63) is 69.5 Å². The second-order valence-electron chi connectivity index (χ2n) is 5.60. The Morgan fingerprint density at radius 3 is 2.85 bits per heavy atom. The summed E-state index contributed by atoms with van der Waals surface area (Å²) >= 11 is 7.89. The Bertz CT molecular complexity index is 1070. The zero-order valence-corrected chi connectivity index (χ0v) is 15.7. The molecule has 0 bridgehead atoms. The number of esters is 1. The van der Waals surface area contributed by atoms with Gasteiger partial charge in [0.2, 0.25) is 5.82 Å². The van der Waals surface area contributed by atoms with Crippen molar-refractivity contribution in [1.29, 1.82) is 0 Å². The average Bonchev–Trinajstić information content (AvgIpc) is 3.41. The van der Waals surface area contributed by atoms with Crippen molar-refractivity contribution in [2.45, 2.75) is 13.5 Å². The number of benzene rings is 1. The number of aromatic nitrogens is 4. The van der Waals surface area contributed by atoms with Crippen molar-refractivity contribution >= 4 is 28.9 Å². The van der Waals surface area contributed by atoms with Gasteiger partial charge in [-0.3, -0.25) is 0 Å². The van der Waals surface area contributed by atoms with Gasteiger partial charge in [0.1, 0.15) is 10.7 Å². The zero-order valence-electron chi connectivity index (χ0n) is 14.1. The first-order chi connectivity index (χ1) is 13.1. The van der Waals surface area contributed by atoms with Crippen molar-refractivity contribution in [3.63, 3.8) is 0 Å². The summed E-state index contributed by atoms with van der Waals surface area (Å²) in [4.78, 5) is 16.7. The van der Waals surface area contributed by atoms with E-state index in [9.17, 15) is 4.79 Å². The van der Waals surface area contributed by atoms with E-state index in [1.54, 1.807) is 6.92 Å². The molecular formula is C18H13ClN4O3S. The molecule has 0 atom stereocenters. The third-order valence-corrected chi connectivity index (χ3v) is 4.82. The third kappa shape index (κ3) is 3.49. The molecule has 136 valence electrons. The van der Waals surface area contributed by atoms with E-state index in [0.29, 0.717) is 11.5 Å². The molecule has 0 unspecified atom stereocenters. The van der Waals surface area contributed by atoms with Gasteiger partial charge in [0.25, 0.3) is 5.89 Å². The maximum Gasteiger partial charge on any atom is 0.343 e. The zero-order chi connectivity index (χ0) is 18.8. The minimum absolute atomic E-state index is 0.151. The molecule has 7 nitrogen and oxygen atoms in total. The molecular weight excluding hydrogens is 388 g/mol. The van der Waals surface area contributed by atoms with Crippen LogP contribution in [0.15, 0.2) is 51.7 Å². The van der Waals surface area contributed by atoms with Crippen molar-refractivity contribution in [2.75, 3.05) is 0 Å². The van der Waals surface area contributed by atoms with E-state index in [-0.39, 0.29) is 23.2 Å². The predicted octanol–water partition coefficient (Wildman–Crippen LogP) is 4.30. The fourth-order valence-electron chi connectivity index (χ4n) is 2.49. The Kier molecular flexibility index (Phi) is 4.74. The lowest BCUT2D eigenvalue weighted by atomic mass is 10.2. The van der Waals surface area contributed by atoms with Gasteiger partial charge in [-0.25, -0.2) is 9.48 Å². The summed E-state index contributed by atoms with van der Waals surface area (Å²) in [6.45, 7) is 1.55. The van der Waals surface area contributed by atoms with Gasteiger partial charge < -0.3 is 9.26 Å². The maximum absolute atomic E-state index is 12.5. The largest absolute Gasteiger partial charge is 0.452 e. The van der Waals surface area contributed by atoms with E-state index in [2.05, 4.69) is 15.2 Å². The molecule has 3 aromatic heterocycles. The summed E-state index contributed by atoms with van der Waals surface area (Å²) in [5.41, 5.74) is 2.28. The van der Waals surface area contributed by atoms with E-state index in [1.807, 2.05) is 47.2 Å². The van der Waals surface area contributed by atoms with Crippen LogP contribution in [0, 0.1) is 6.92 Å². The highest BCUT2D eigenvalue weighted by Gasteiger charge is 2.23. The first-order valence-electron chi connectivity index (χ1n) is 7.96. The lowest BCUT2D eigenvalue weighted by molar-refractivity contribution is 0.0429. The van der Waals surface area contributed by atoms with Crippen LogP contribution in [0.4, 0.5) is 0 Å². The molecule has 0 fully saturated rings. The fraction of sp³-hybridized carbons (Fsp3) is 0.111. The van der Waals surface area contributed by atoms with Crippen LogP contribution in [-0.2, 0) is 11.3 Å². The molecule has 0 radical (unpaired) electrons. The number of carbonyl (C=O) groups is 1. The van der Waals surface area contributed by atoms with Gasteiger partial charge in [-0.2, -0.15) is 21.4 Å². The minimum atomic E-state index is -0.602. The molecule has 0 aliphatic carbocycles. The number of carbonyl (C=O) groups excluding carboxylic acids is 1. The Morgan fingerprint density at radius 2 is 2.11 bits per heavy atom. The standard InChI is InChI=1S/C18H13ClN4O3S/c1-11-15(16(19)23(21-11)13-5-3-2-4-6-13)18(24)25-9-14-20-17(22-26-14)12-7-8-27-10-12/h2-8,10H,9H2,1H3. The number of halogens is 1. The normalized spacial score (nSPS) is 10.9. The van der Waals surface area contributed by atoms with Gasteiger partial charge in [0, 0.05) is 10.9 Å². The Balaban J connectivity index is 1.50. The lowest BCUT2D eigenvalue weighted by Crippen LogP contribution is -2.07. The quantitative estimate of drug-likeness (QED) is 0.464. The summed E-state index contributed by atoms with van der Waals surface area (Å²) in [5, 5.41) is 12.2. The molecule has 0 saturated carbocycles. The number of hydrogen-bond donors (Lipinski definition) is 0. The topological polar surface area (TPSA) is 83.0 Å². The number of hydrogen-bond acceptors (Lipinski definition) is 7. The van der Waals surface area contributed by atoms with Crippen LogP contribution in [0.2, 0.25) is 5.15 Å². The Labute approximate surface area is 163 Å². The van der Waals surface area contributed by atoms with E-state index >= 15 is 0 Å². The molecule has 0 spiro atoms. The second-order valence-corrected chi connectivity index (χ2v) is 6.74. The smallest absolute Gasteiger partial charge is 0.343 e. The molecule has 1 aromatic carbocycles. The molecule has 27 heavy (non-hydrogen) atoms. The summed E-state index contributed by atoms with van der Waals surface area (Å²) in [5.74, 6) is 0.0529. The van der Waals surface area contributed by atoms with Crippen LogP contribution < -0.4 is 0 Å². The monoisotopic (exact) mass is 400 g/mol. The molecule has 0 N–H and O–H groups in total. The Hall–Kier alpha value is -2.97. The van der Waals surface area contributed by atoms with Gasteiger partial charge >= 0.3 is 5.97 Å². The van der Waals surface area contributed by atoms with E-state index < -0.39 is 5.97 Å². The summed E-state index contributed by atoms with van der Waals surface area (Å²) < 4.78 is 11.9. The van der Waals surface area contributed by atoms with Gasteiger partial charge in [0.15, 0.2) is 6.61 Å². The van der Waals surface area contributed by atoms with Crippen LogP contribution >= 0.6 is 22.9 Å². The number of thiophene rings is 1. The number of aryl methyl sites for hydroxylation is 1. The van der Waals surface area contributed by atoms with Crippen LogP contribution in [-0.4, -0.2) is 25.9 Å². The summed E-state index contributed by atoms with van der Waals surface area (Å²) in [6, 6.07) is 11.2. The molecule has 0 aliphatic rings. The second kappa shape index (κ2) is 7.34. The van der Waals surface area contributed by atoms with E-state index in [4.69, 9.17) is 20.9 Å². The molecule has 9 heteroatoms. The first kappa shape index (κ1) is 17.4. The maximum atomic E-state index is 12.5. The van der Waals surface area contributed by atoms with Crippen molar-refractivity contribution in [1.82, 2.24) is 19.9 Å². The SMILES string of the molecule is Cc1nn(-c2ccccc2)c(Cl)c1C(=O)OCc1nc(-c2ccsc2)no1. The number of nitrogens with zero attached hydrogens (tertiary/aromatic N) is 4. The number of rotatable bonds is 5. The van der Waals surface area contributed by atoms with Crippen molar-refractivity contribution in [3.8, 4) is 17.1 Å².